The molecule has 10 heteroatoms. The second kappa shape index (κ2) is 6.24. The van der Waals surface area contributed by atoms with Gasteiger partial charge >= 0.3 is 0 Å². The first kappa shape index (κ1) is 16.6. The summed E-state index contributed by atoms with van der Waals surface area (Å²) in [6.45, 7) is 2.12. The number of anilines is 1. The van der Waals surface area contributed by atoms with E-state index in [0.29, 0.717) is 28.0 Å². The average molecular weight is 397 g/mol. The first-order valence-electron chi connectivity index (χ1n) is 8.32. The Kier molecular flexibility index (Phi) is 3.69. The molecule has 140 valence electrons. The quantitative estimate of drug-likeness (QED) is 0.561. The van der Waals surface area contributed by atoms with Crippen LogP contribution in [0, 0.1) is 6.92 Å². The van der Waals surface area contributed by atoms with Gasteiger partial charge in [0.1, 0.15) is 0 Å². The Morgan fingerprint density at radius 3 is 2.86 bits per heavy atom. The third kappa shape index (κ3) is 2.64. The normalized spacial score (nSPS) is 12.5. The van der Waals surface area contributed by atoms with Crippen molar-refractivity contribution >= 4 is 17.4 Å². The Morgan fingerprint density at radius 2 is 1.96 bits per heavy atom. The number of aryl methyl sites for hydroxylation is 1. The molecule has 0 fully saturated rings. The molecule has 0 amide bonds. The summed E-state index contributed by atoms with van der Waals surface area (Å²) < 4.78 is 17.5. The van der Waals surface area contributed by atoms with Crippen LogP contribution in [0.5, 0.6) is 11.5 Å². The molecule has 3 heterocycles. The van der Waals surface area contributed by atoms with E-state index in [1.54, 1.807) is 24.3 Å². The molecule has 9 nitrogen and oxygen atoms in total. The van der Waals surface area contributed by atoms with Crippen LogP contribution in [-0.2, 0) is 0 Å². The molecule has 0 bridgehead atoms. The molecule has 0 spiro atoms. The molecule has 0 aliphatic carbocycles. The van der Waals surface area contributed by atoms with Crippen LogP contribution in [0.1, 0.15) is 5.56 Å². The molecule has 0 saturated carbocycles. The zero-order valence-corrected chi connectivity index (χ0v) is 15.3. The van der Waals surface area contributed by atoms with Gasteiger partial charge in [0.15, 0.2) is 23.0 Å². The van der Waals surface area contributed by atoms with Gasteiger partial charge in [-0.3, -0.25) is 0 Å². The van der Waals surface area contributed by atoms with Crippen molar-refractivity contribution in [2.75, 3.05) is 12.5 Å². The largest absolute Gasteiger partial charge is 0.454 e. The first-order chi connectivity index (χ1) is 13.6. The molecule has 2 aromatic carbocycles. The lowest BCUT2D eigenvalue weighted by molar-refractivity contribution is 0.174. The number of nitrogens with two attached hydrogens (primary N) is 1. The number of fused-ring (bicyclic) bond motifs is 1. The van der Waals surface area contributed by atoms with E-state index in [9.17, 15) is 0 Å². The Bertz CT molecular complexity index is 1200. The number of nitrogen functional groups attached to an aromatic ring is 1. The van der Waals surface area contributed by atoms with Crippen LogP contribution in [0.4, 0.5) is 5.82 Å². The van der Waals surface area contributed by atoms with Gasteiger partial charge in [0.25, 0.3) is 5.89 Å². The minimum atomic E-state index is 0.163. The Labute approximate surface area is 163 Å². The van der Waals surface area contributed by atoms with Gasteiger partial charge in [-0.05, 0) is 42.8 Å². The zero-order chi connectivity index (χ0) is 19.3. The Hall–Kier alpha value is -3.59. The van der Waals surface area contributed by atoms with E-state index < -0.39 is 0 Å². The molecule has 28 heavy (non-hydrogen) atoms. The van der Waals surface area contributed by atoms with E-state index in [-0.39, 0.29) is 18.5 Å². The second-order valence-electron chi connectivity index (χ2n) is 6.16. The van der Waals surface area contributed by atoms with Crippen molar-refractivity contribution in [1.29, 1.82) is 0 Å². The van der Waals surface area contributed by atoms with Gasteiger partial charge < -0.3 is 19.7 Å². The summed E-state index contributed by atoms with van der Waals surface area (Å²) in [7, 11) is 0. The third-order valence-corrected chi connectivity index (χ3v) is 4.60. The van der Waals surface area contributed by atoms with Gasteiger partial charge in [-0.15, -0.1) is 5.10 Å². The number of hydrogen-bond donors (Lipinski definition) is 1. The van der Waals surface area contributed by atoms with E-state index in [2.05, 4.69) is 20.5 Å². The molecule has 4 aromatic rings. The minimum Gasteiger partial charge on any atom is -0.454 e. The maximum Gasteiger partial charge on any atom is 0.282 e. The monoisotopic (exact) mass is 396 g/mol. The predicted molar refractivity (Wildman–Crippen MR) is 100 cm³/mol. The van der Waals surface area contributed by atoms with E-state index in [4.69, 9.17) is 31.3 Å². The lowest BCUT2D eigenvalue weighted by Gasteiger charge is -2.07. The zero-order valence-electron chi connectivity index (χ0n) is 14.6. The number of ether oxygens (including phenoxy) is 2. The summed E-state index contributed by atoms with van der Waals surface area (Å²) in [4.78, 5) is 4.39. The van der Waals surface area contributed by atoms with E-state index >= 15 is 0 Å². The SMILES string of the molecule is Cc1ccc(Cl)cc1-n1nnc(-c2nc(-c3ccc4c(c3)OCO4)no2)c1N. The van der Waals surface area contributed by atoms with E-state index in [0.717, 1.165) is 16.8 Å². The number of nitrogens with zero attached hydrogens (tertiary/aromatic N) is 5. The molecular formula is C18H13ClN6O3. The van der Waals surface area contributed by atoms with Crippen LogP contribution in [0.3, 0.4) is 0 Å². The fraction of sp³-hybridized carbons (Fsp3) is 0.111. The summed E-state index contributed by atoms with van der Waals surface area (Å²) in [6, 6.07) is 10.8. The highest BCUT2D eigenvalue weighted by molar-refractivity contribution is 6.30. The Morgan fingerprint density at radius 1 is 1.11 bits per heavy atom. The van der Waals surface area contributed by atoms with Crippen LogP contribution >= 0.6 is 11.6 Å². The number of halogens is 1. The number of rotatable bonds is 3. The van der Waals surface area contributed by atoms with Crippen molar-refractivity contribution in [3.8, 4) is 40.2 Å². The van der Waals surface area contributed by atoms with Gasteiger partial charge in [-0.2, -0.15) is 9.67 Å². The summed E-state index contributed by atoms with van der Waals surface area (Å²) in [5.41, 5.74) is 8.91. The minimum absolute atomic E-state index is 0.163. The predicted octanol–water partition coefficient (Wildman–Crippen LogP) is 3.26. The summed E-state index contributed by atoms with van der Waals surface area (Å²) in [6.07, 6.45) is 0. The number of hydrogen-bond acceptors (Lipinski definition) is 8. The fourth-order valence-electron chi connectivity index (χ4n) is 2.90. The number of benzene rings is 2. The summed E-state index contributed by atoms with van der Waals surface area (Å²) in [5.74, 6) is 2.12. The molecule has 0 unspecified atom stereocenters. The molecule has 1 aliphatic rings. The molecule has 0 atom stereocenters. The Balaban J connectivity index is 1.52. The first-order valence-corrected chi connectivity index (χ1v) is 8.70. The van der Waals surface area contributed by atoms with Crippen LogP contribution in [-0.4, -0.2) is 31.9 Å². The molecule has 5 rings (SSSR count). The molecular weight excluding hydrogens is 384 g/mol. The van der Waals surface area contributed by atoms with Crippen molar-refractivity contribution < 1.29 is 14.0 Å². The average Bonchev–Trinajstić information content (AvgIpc) is 3.42. The lowest BCUT2D eigenvalue weighted by atomic mass is 10.2. The van der Waals surface area contributed by atoms with Crippen LogP contribution < -0.4 is 15.2 Å². The molecule has 0 saturated heterocycles. The van der Waals surface area contributed by atoms with Crippen molar-refractivity contribution in [3.05, 3.63) is 47.0 Å². The highest BCUT2D eigenvalue weighted by Crippen LogP contribution is 2.36. The van der Waals surface area contributed by atoms with Gasteiger partial charge in [0, 0.05) is 10.6 Å². The topological polar surface area (TPSA) is 114 Å². The van der Waals surface area contributed by atoms with E-state index in [1.807, 2.05) is 19.1 Å². The lowest BCUT2D eigenvalue weighted by Crippen LogP contribution is -2.04. The van der Waals surface area contributed by atoms with Crippen molar-refractivity contribution in [2.45, 2.75) is 6.92 Å². The van der Waals surface area contributed by atoms with Gasteiger partial charge in [-0.25, -0.2) is 0 Å². The summed E-state index contributed by atoms with van der Waals surface area (Å²) in [5, 5.41) is 12.8. The fourth-order valence-corrected chi connectivity index (χ4v) is 3.07. The van der Waals surface area contributed by atoms with Gasteiger partial charge in [-0.1, -0.05) is 28.0 Å². The highest BCUT2D eigenvalue weighted by Gasteiger charge is 2.22. The van der Waals surface area contributed by atoms with E-state index in [1.165, 1.54) is 4.68 Å². The van der Waals surface area contributed by atoms with Gasteiger partial charge in [0.05, 0.1) is 5.69 Å². The molecule has 0 radical (unpaired) electrons. The van der Waals surface area contributed by atoms with Crippen molar-refractivity contribution in [3.63, 3.8) is 0 Å². The molecule has 2 N–H and O–H groups in total. The van der Waals surface area contributed by atoms with Crippen molar-refractivity contribution in [2.24, 2.45) is 0 Å². The maximum absolute atomic E-state index is 6.24. The van der Waals surface area contributed by atoms with Crippen molar-refractivity contribution in [1.82, 2.24) is 25.1 Å². The maximum atomic E-state index is 6.24. The highest BCUT2D eigenvalue weighted by atomic mass is 35.5. The van der Waals surface area contributed by atoms with Crippen LogP contribution in [0.15, 0.2) is 40.9 Å². The standard InChI is InChI=1S/C18H13ClN6O3/c1-9-2-4-11(19)7-12(9)25-16(20)15(22-24-25)18-21-17(23-28-18)10-3-5-13-14(6-10)27-8-26-13/h2-7H,8,20H2,1H3. The number of aromatic nitrogens is 5. The van der Waals surface area contributed by atoms with Crippen LogP contribution in [0.2, 0.25) is 5.02 Å². The molecule has 1 aliphatic heterocycles. The third-order valence-electron chi connectivity index (χ3n) is 4.36. The smallest absolute Gasteiger partial charge is 0.282 e. The van der Waals surface area contributed by atoms with Crippen LogP contribution in [0.25, 0.3) is 28.7 Å². The molecule has 2 aromatic heterocycles. The summed E-state index contributed by atoms with van der Waals surface area (Å²) >= 11 is 6.09. The van der Waals surface area contributed by atoms with Gasteiger partial charge in [0.2, 0.25) is 12.6 Å². The second-order valence-corrected chi connectivity index (χ2v) is 6.59.